The predicted molar refractivity (Wildman–Crippen MR) is 124 cm³/mol. The van der Waals surface area contributed by atoms with Crippen molar-refractivity contribution >= 4 is 12.0 Å². The second-order valence-electron chi connectivity index (χ2n) is 9.72. The molecule has 0 radical (unpaired) electrons. The number of ether oxygens (including phenoxy) is 1. The van der Waals surface area contributed by atoms with Gasteiger partial charge >= 0.3 is 5.97 Å². The van der Waals surface area contributed by atoms with E-state index >= 15 is 0 Å². The van der Waals surface area contributed by atoms with E-state index in [4.69, 9.17) is 9.84 Å². The molecule has 0 spiro atoms. The van der Waals surface area contributed by atoms with E-state index < -0.39 is 5.97 Å². The maximum atomic E-state index is 11.1. The summed E-state index contributed by atoms with van der Waals surface area (Å²) in [6, 6.07) is 10.7. The number of carboxylic acids is 1. The molecule has 3 nitrogen and oxygen atoms in total. The van der Waals surface area contributed by atoms with E-state index in [-0.39, 0.29) is 10.8 Å². The summed E-state index contributed by atoms with van der Waals surface area (Å²) in [6.07, 6.45) is 6.03. The molecule has 3 heteroatoms. The van der Waals surface area contributed by atoms with Gasteiger partial charge in [-0.1, -0.05) is 58.9 Å². The van der Waals surface area contributed by atoms with E-state index in [1.807, 2.05) is 12.1 Å². The smallest absolute Gasteiger partial charge is 0.328 e. The Labute approximate surface area is 180 Å². The molecule has 2 aromatic rings. The normalized spacial score (nSPS) is 17.0. The van der Waals surface area contributed by atoms with E-state index in [9.17, 15) is 4.79 Å². The van der Waals surface area contributed by atoms with Gasteiger partial charge in [-0.15, -0.1) is 0 Å². The molecular formula is C27H34O3. The largest absolute Gasteiger partial charge is 0.492 e. The lowest BCUT2D eigenvalue weighted by molar-refractivity contribution is -0.131. The minimum atomic E-state index is -0.962. The molecule has 1 aliphatic carbocycles. The molecule has 1 aliphatic rings. The van der Waals surface area contributed by atoms with Crippen LogP contribution in [0, 0.1) is 6.92 Å². The van der Waals surface area contributed by atoms with Crippen molar-refractivity contribution < 1.29 is 14.6 Å². The SMILES string of the molecule is CCCOc1c(C=CC(=O)O)cccc1-c1cc2c(cc1C)C(C)(C)CCC2(C)C. The Morgan fingerprint density at radius 2 is 1.70 bits per heavy atom. The van der Waals surface area contributed by atoms with Crippen molar-refractivity contribution in [1.29, 1.82) is 0 Å². The molecule has 0 bridgehead atoms. The molecule has 0 atom stereocenters. The number of aryl methyl sites for hydroxylation is 1. The predicted octanol–water partition coefficient (Wildman–Crippen LogP) is 6.90. The quantitative estimate of drug-likeness (QED) is 0.531. The van der Waals surface area contributed by atoms with Gasteiger partial charge in [0, 0.05) is 17.2 Å². The first-order valence-electron chi connectivity index (χ1n) is 10.9. The van der Waals surface area contributed by atoms with Gasteiger partial charge in [0.05, 0.1) is 6.61 Å². The summed E-state index contributed by atoms with van der Waals surface area (Å²) < 4.78 is 6.15. The fourth-order valence-corrected chi connectivity index (χ4v) is 4.44. The van der Waals surface area contributed by atoms with Crippen LogP contribution >= 0.6 is 0 Å². The third-order valence-electron chi connectivity index (χ3n) is 6.39. The van der Waals surface area contributed by atoms with Gasteiger partial charge in [-0.25, -0.2) is 4.79 Å². The number of hydrogen-bond acceptors (Lipinski definition) is 2. The zero-order valence-electron chi connectivity index (χ0n) is 19.1. The molecule has 0 heterocycles. The van der Waals surface area contributed by atoms with Gasteiger partial charge in [-0.2, -0.15) is 0 Å². The zero-order chi connectivity index (χ0) is 22.1. The van der Waals surface area contributed by atoms with Crippen molar-refractivity contribution in [3.8, 4) is 16.9 Å². The Balaban J connectivity index is 2.23. The van der Waals surface area contributed by atoms with Crippen LogP contribution in [0.5, 0.6) is 5.75 Å². The van der Waals surface area contributed by atoms with E-state index in [0.717, 1.165) is 35.3 Å². The van der Waals surface area contributed by atoms with Crippen LogP contribution in [0.4, 0.5) is 0 Å². The number of hydrogen-bond donors (Lipinski definition) is 1. The molecule has 0 saturated carbocycles. The van der Waals surface area contributed by atoms with Crippen LogP contribution in [0.1, 0.15) is 76.1 Å². The van der Waals surface area contributed by atoms with Crippen LogP contribution in [-0.2, 0) is 15.6 Å². The van der Waals surface area contributed by atoms with Gasteiger partial charge in [0.15, 0.2) is 0 Å². The maximum Gasteiger partial charge on any atom is 0.328 e. The minimum absolute atomic E-state index is 0.124. The fraction of sp³-hybridized carbons (Fsp3) is 0.444. The molecule has 30 heavy (non-hydrogen) atoms. The van der Waals surface area contributed by atoms with Crippen molar-refractivity contribution in [2.75, 3.05) is 6.61 Å². The summed E-state index contributed by atoms with van der Waals surface area (Å²) in [7, 11) is 0. The van der Waals surface area contributed by atoms with Crippen LogP contribution in [0.15, 0.2) is 36.4 Å². The molecule has 0 amide bonds. The fourth-order valence-electron chi connectivity index (χ4n) is 4.44. The number of carbonyl (C=O) groups is 1. The molecule has 0 aromatic heterocycles. The van der Waals surface area contributed by atoms with Gasteiger partial charge in [0.1, 0.15) is 5.75 Å². The Morgan fingerprint density at radius 3 is 2.30 bits per heavy atom. The highest BCUT2D eigenvalue weighted by Crippen LogP contribution is 2.48. The highest BCUT2D eigenvalue weighted by Gasteiger charge is 2.37. The van der Waals surface area contributed by atoms with Crippen LogP contribution in [0.3, 0.4) is 0 Å². The summed E-state index contributed by atoms with van der Waals surface area (Å²) in [6.45, 7) is 14.2. The number of aliphatic carboxylic acids is 1. The lowest BCUT2D eigenvalue weighted by Crippen LogP contribution is -2.34. The van der Waals surface area contributed by atoms with Crippen LogP contribution in [0.25, 0.3) is 17.2 Å². The van der Waals surface area contributed by atoms with Gasteiger partial charge in [-0.05, 0) is 71.4 Å². The summed E-state index contributed by atoms with van der Waals surface area (Å²) in [4.78, 5) is 11.1. The molecule has 0 saturated heterocycles. The second kappa shape index (κ2) is 8.29. The van der Waals surface area contributed by atoms with Gasteiger partial charge in [0.25, 0.3) is 0 Å². The highest BCUT2D eigenvalue weighted by atomic mass is 16.5. The Morgan fingerprint density at radius 1 is 1.07 bits per heavy atom. The first kappa shape index (κ1) is 22.1. The number of carboxylic acid groups (broad SMARTS) is 1. The monoisotopic (exact) mass is 406 g/mol. The van der Waals surface area contributed by atoms with Crippen molar-refractivity contribution in [3.05, 3.63) is 58.7 Å². The van der Waals surface area contributed by atoms with Crippen molar-refractivity contribution in [2.24, 2.45) is 0 Å². The molecule has 2 aromatic carbocycles. The Bertz CT molecular complexity index is 980. The second-order valence-corrected chi connectivity index (χ2v) is 9.72. The lowest BCUT2D eigenvalue weighted by atomic mass is 9.62. The summed E-state index contributed by atoms with van der Waals surface area (Å²) in [5.41, 5.74) is 7.34. The van der Waals surface area contributed by atoms with Crippen LogP contribution in [-0.4, -0.2) is 17.7 Å². The third kappa shape index (κ3) is 4.30. The summed E-state index contributed by atoms with van der Waals surface area (Å²) in [5.74, 6) is -0.205. The van der Waals surface area contributed by atoms with Gasteiger partial charge in [-0.3, -0.25) is 0 Å². The van der Waals surface area contributed by atoms with Gasteiger partial charge in [0.2, 0.25) is 0 Å². The lowest BCUT2D eigenvalue weighted by Gasteiger charge is -2.42. The Kier molecular flexibility index (Phi) is 6.12. The first-order chi connectivity index (χ1) is 14.1. The van der Waals surface area contributed by atoms with Crippen molar-refractivity contribution in [3.63, 3.8) is 0 Å². The number of rotatable bonds is 6. The summed E-state index contributed by atoms with van der Waals surface area (Å²) >= 11 is 0. The minimum Gasteiger partial charge on any atom is -0.492 e. The molecule has 3 rings (SSSR count). The first-order valence-corrected chi connectivity index (χ1v) is 10.9. The standard InChI is InChI=1S/C27H34O3/c1-7-15-30-25-19(11-12-24(28)29)9-8-10-20(25)21-17-23-22(16-18(21)2)26(3,4)13-14-27(23,5)6/h8-12,16-17H,7,13-15H2,1-6H3,(H,28,29). The van der Waals surface area contributed by atoms with E-state index in [2.05, 4.69) is 59.7 Å². The van der Waals surface area contributed by atoms with Crippen molar-refractivity contribution in [2.45, 2.75) is 71.6 Å². The average molecular weight is 407 g/mol. The van der Waals surface area contributed by atoms with E-state index in [1.165, 1.54) is 29.2 Å². The molecule has 160 valence electrons. The van der Waals surface area contributed by atoms with Crippen LogP contribution in [0.2, 0.25) is 0 Å². The zero-order valence-corrected chi connectivity index (χ0v) is 19.1. The maximum absolute atomic E-state index is 11.1. The van der Waals surface area contributed by atoms with E-state index in [0.29, 0.717) is 6.61 Å². The average Bonchev–Trinajstić information content (AvgIpc) is 2.68. The van der Waals surface area contributed by atoms with E-state index in [1.54, 1.807) is 6.08 Å². The molecule has 1 N–H and O–H groups in total. The molecular weight excluding hydrogens is 372 g/mol. The number of para-hydroxylation sites is 1. The highest BCUT2D eigenvalue weighted by molar-refractivity contribution is 5.87. The van der Waals surface area contributed by atoms with Gasteiger partial charge < -0.3 is 9.84 Å². The summed E-state index contributed by atoms with van der Waals surface area (Å²) in [5, 5.41) is 9.08. The number of fused-ring (bicyclic) bond motifs is 1. The third-order valence-corrected chi connectivity index (χ3v) is 6.39. The van der Waals surface area contributed by atoms with Crippen LogP contribution < -0.4 is 4.74 Å². The molecule has 0 fully saturated rings. The topological polar surface area (TPSA) is 46.5 Å². The number of benzene rings is 2. The molecule has 0 aliphatic heterocycles. The Hall–Kier alpha value is -2.55. The van der Waals surface area contributed by atoms with Crippen molar-refractivity contribution in [1.82, 2.24) is 0 Å². The molecule has 0 unspecified atom stereocenters.